The van der Waals surface area contributed by atoms with Crippen molar-refractivity contribution >= 4 is 11.6 Å². The van der Waals surface area contributed by atoms with Gasteiger partial charge in [-0.05, 0) is 6.42 Å². The van der Waals surface area contributed by atoms with E-state index < -0.39 is 0 Å². The van der Waals surface area contributed by atoms with Crippen LogP contribution >= 0.6 is 0 Å². The molecule has 2 aliphatic heterocycles. The molecule has 0 aromatic carbocycles. The summed E-state index contributed by atoms with van der Waals surface area (Å²) in [4.78, 5) is 11.0. The van der Waals surface area contributed by atoms with Gasteiger partial charge >= 0.3 is 0 Å². The van der Waals surface area contributed by atoms with Gasteiger partial charge in [-0.25, -0.2) is 5.43 Å². The molecule has 0 aromatic heterocycles. The second-order valence-electron chi connectivity index (χ2n) is 2.81. The fraction of sp³-hybridized carbons (Fsp3) is 0.667. The third kappa shape index (κ3) is 1.02. The summed E-state index contributed by atoms with van der Waals surface area (Å²) in [5.41, 5.74) is 3.15. The van der Waals surface area contributed by atoms with Gasteiger partial charge in [0.1, 0.15) is 0 Å². The summed E-state index contributed by atoms with van der Waals surface area (Å²) in [6.07, 6.45) is 0.668. The predicted molar refractivity (Wildman–Crippen MR) is 37.0 cm³/mol. The molecule has 5 nitrogen and oxygen atoms in total. The Balaban J connectivity index is 2.15. The average Bonchev–Trinajstić information content (AvgIpc) is 2.32. The molecule has 0 bridgehead atoms. The van der Waals surface area contributed by atoms with Gasteiger partial charge in [0.2, 0.25) is 5.91 Å². The van der Waals surface area contributed by atoms with Gasteiger partial charge < -0.3 is 5.21 Å². The Morgan fingerprint density at radius 3 is 3.36 bits per heavy atom. The van der Waals surface area contributed by atoms with Crippen LogP contribution in [0.5, 0.6) is 0 Å². The Morgan fingerprint density at radius 2 is 2.55 bits per heavy atom. The molecular weight excluding hydrogens is 146 g/mol. The van der Waals surface area contributed by atoms with Crippen molar-refractivity contribution in [1.29, 1.82) is 0 Å². The van der Waals surface area contributed by atoms with E-state index in [9.17, 15) is 4.79 Å². The van der Waals surface area contributed by atoms with Gasteiger partial charge in [-0.2, -0.15) is 10.2 Å². The zero-order valence-corrected chi connectivity index (χ0v) is 5.95. The molecule has 2 rings (SSSR count). The lowest BCUT2D eigenvalue weighted by Gasteiger charge is -2.23. The second kappa shape index (κ2) is 2.28. The summed E-state index contributed by atoms with van der Waals surface area (Å²) in [5, 5.41) is 14.0. The zero-order chi connectivity index (χ0) is 7.84. The van der Waals surface area contributed by atoms with Crippen molar-refractivity contribution in [2.24, 2.45) is 11.0 Å². The number of nitrogens with one attached hydrogen (secondary N) is 1. The van der Waals surface area contributed by atoms with Crippen LogP contribution in [0, 0.1) is 5.92 Å². The smallest absolute Gasteiger partial charge is 0.249 e. The van der Waals surface area contributed by atoms with Gasteiger partial charge in [-0.1, -0.05) is 0 Å². The van der Waals surface area contributed by atoms with Crippen LogP contribution < -0.4 is 5.43 Å². The van der Waals surface area contributed by atoms with Crippen LogP contribution in [0.25, 0.3) is 0 Å². The van der Waals surface area contributed by atoms with E-state index in [0.717, 1.165) is 5.71 Å². The normalized spacial score (nSPS) is 31.2. The highest BCUT2D eigenvalue weighted by atomic mass is 16.5. The number of nitrogens with zero attached hydrogens (tertiary/aromatic N) is 2. The first-order valence-corrected chi connectivity index (χ1v) is 3.57. The summed E-state index contributed by atoms with van der Waals surface area (Å²) < 4.78 is 0. The van der Waals surface area contributed by atoms with Crippen LogP contribution in [-0.4, -0.2) is 35.0 Å². The van der Waals surface area contributed by atoms with E-state index in [4.69, 9.17) is 5.21 Å². The Bertz CT molecular complexity index is 226. The minimum Gasteiger partial charge on any atom is -0.314 e. The maximum absolute atomic E-state index is 11.0. The topological polar surface area (TPSA) is 64.9 Å². The fourth-order valence-corrected chi connectivity index (χ4v) is 1.42. The molecule has 0 radical (unpaired) electrons. The highest BCUT2D eigenvalue weighted by molar-refractivity contribution is 6.09. The number of hydroxylamine groups is 2. The van der Waals surface area contributed by atoms with E-state index in [1.807, 2.05) is 0 Å². The number of hydrogen-bond donors (Lipinski definition) is 2. The van der Waals surface area contributed by atoms with Gasteiger partial charge in [-0.15, -0.1) is 0 Å². The maximum Gasteiger partial charge on any atom is 0.249 e. The second-order valence-corrected chi connectivity index (χ2v) is 2.81. The molecular formula is C6H9N3O2. The van der Waals surface area contributed by atoms with Gasteiger partial charge in [-0.3, -0.25) is 4.79 Å². The van der Waals surface area contributed by atoms with Gasteiger partial charge in [0, 0.05) is 6.54 Å². The summed E-state index contributed by atoms with van der Waals surface area (Å²) >= 11 is 0. The lowest BCUT2D eigenvalue weighted by atomic mass is 9.96. The summed E-state index contributed by atoms with van der Waals surface area (Å²) in [6.45, 7) is 0.945. The Hall–Kier alpha value is -0.940. The number of carbonyl (C=O) groups excluding carboxylic acids is 1. The Kier molecular flexibility index (Phi) is 1.40. The lowest BCUT2D eigenvalue weighted by Crippen LogP contribution is -2.39. The molecule has 1 amide bonds. The number of hydrogen-bond acceptors (Lipinski definition) is 4. The minimum atomic E-state index is -0.0848. The molecule has 2 heterocycles. The molecule has 0 saturated carbocycles. The first-order chi connectivity index (χ1) is 5.27. The maximum atomic E-state index is 11.0. The Labute approximate surface area is 63.6 Å². The van der Waals surface area contributed by atoms with Gasteiger partial charge in [0.25, 0.3) is 0 Å². The van der Waals surface area contributed by atoms with E-state index in [1.165, 1.54) is 5.06 Å². The van der Waals surface area contributed by atoms with Crippen molar-refractivity contribution in [3.63, 3.8) is 0 Å². The number of hydrazone groups is 1. The quantitative estimate of drug-likeness (QED) is 0.480. The van der Waals surface area contributed by atoms with Crippen molar-refractivity contribution in [2.45, 2.75) is 6.42 Å². The molecule has 0 aliphatic carbocycles. The van der Waals surface area contributed by atoms with E-state index in [0.29, 0.717) is 19.5 Å². The minimum absolute atomic E-state index is 0.0342. The molecule has 1 saturated heterocycles. The molecule has 2 aliphatic rings. The molecule has 1 atom stereocenters. The lowest BCUT2D eigenvalue weighted by molar-refractivity contribution is -0.124. The van der Waals surface area contributed by atoms with E-state index in [1.54, 1.807) is 0 Å². The first kappa shape index (κ1) is 6.75. The number of fused-ring (bicyclic) bond motifs is 1. The highest BCUT2D eigenvalue weighted by Gasteiger charge is 2.34. The van der Waals surface area contributed by atoms with E-state index in [2.05, 4.69) is 10.5 Å². The molecule has 0 aromatic rings. The highest BCUT2D eigenvalue weighted by Crippen LogP contribution is 2.17. The van der Waals surface area contributed by atoms with Crippen molar-refractivity contribution in [2.75, 3.05) is 13.1 Å². The first-order valence-electron chi connectivity index (χ1n) is 3.57. The number of carbonyl (C=O) groups is 1. The van der Waals surface area contributed by atoms with E-state index >= 15 is 0 Å². The van der Waals surface area contributed by atoms with Crippen molar-refractivity contribution in [3.05, 3.63) is 0 Å². The standard InChI is InChI=1S/C6H9N3O2/c10-6-4-1-2-9(11)3-5(4)7-8-6/h4,11H,1-3H2,(H,8,10). The molecule has 60 valence electrons. The zero-order valence-electron chi connectivity index (χ0n) is 5.95. The number of rotatable bonds is 0. The number of amides is 1. The van der Waals surface area contributed by atoms with Crippen LogP contribution in [0.2, 0.25) is 0 Å². The van der Waals surface area contributed by atoms with Crippen molar-refractivity contribution in [1.82, 2.24) is 10.5 Å². The van der Waals surface area contributed by atoms with Gasteiger partial charge in [0.05, 0.1) is 18.2 Å². The third-order valence-electron chi connectivity index (χ3n) is 2.05. The molecule has 11 heavy (non-hydrogen) atoms. The van der Waals surface area contributed by atoms with Crippen LogP contribution in [0.4, 0.5) is 0 Å². The molecule has 0 spiro atoms. The van der Waals surface area contributed by atoms with E-state index in [-0.39, 0.29) is 11.8 Å². The fourth-order valence-electron chi connectivity index (χ4n) is 1.42. The summed E-state index contributed by atoms with van der Waals surface area (Å²) in [6, 6.07) is 0. The van der Waals surface area contributed by atoms with Crippen LogP contribution in [0.1, 0.15) is 6.42 Å². The third-order valence-corrected chi connectivity index (χ3v) is 2.05. The largest absolute Gasteiger partial charge is 0.314 e. The van der Waals surface area contributed by atoms with Crippen LogP contribution in [-0.2, 0) is 4.79 Å². The van der Waals surface area contributed by atoms with Crippen LogP contribution in [0.3, 0.4) is 0 Å². The SMILES string of the molecule is O=C1NN=C2CN(O)CCC12. The Morgan fingerprint density at radius 1 is 1.73 bits per heavy atom. The number of piperidine rings is 1. The van der Waals surface area contributed by atoms with Crippen LogP contribution in [0.15, 0.2) is 5.10 Å². The molecule has 5 heteroatoms. The average molecular weight is 155 g/mol. The summed E-state index contributed by atoms with van der Waals surface area (Å²) in [5.74, 6) is -0.119. The van der Waals surface area contributed by atoms with Gasteiger partial charge in [0.15, 0.2) is 0 Å². The summed E-state index contributed by atoms with van der Waals surface area (Å²) in [7, 11) is 0. The molecule has 1 fully saturated rings. The predicted octanol–water partition coefficient (Wildman–Crippen LogP) is -0.817. The monoisotopic (exact) mass is 155 g/mol. The molecule has 2 N–H and O–H groups in total. The van der Waals surface area contributed by atoms with Crippen molar-refractivity contribution < 1.29 is 10.0 Å². The van der Waals surface area contributed by atoms with Crippen molar-refractivity contribution in [3.8, 4) is 0 Å². The molecule has 1 unspecified atom stereocenters.